The van der Waals surface area contributed by atoms with Gasteiger partial charge in [0.1, 0.15) is 29.7 Å². The molecule has 11 heteroatoms. The largest absolute Gasteiger partial charge is 0.387 e. The Morgan fingerprint density at radius 3 is 2.65 bits per heavy atom. The summed E-state index contributed by atoms with van der Waals surface area (Å²) in [6.07, 6.45) is 0.911. The van der Waals surface area contributed by atoms with Gasteiger partial charge in [0.05, 0.1) is 16.3 Å². The molecule has 1 amide bonds. The van der Waals surface area contributed by atoms with Gasteiger partial charge >= 0.3 is 0 Å². The van der Waals surface area contributed by atoms with Crippen molar-refractivity contribution in [1.29, 1.82) is 0 Å². The van der Waals surface area contributed by atoms with Crippen molar-refractivity contribution in [3.63, 3.8) is 0 Å². The van der Waals surface area contributed by atoms with E-state index in [0.29, 0.717) is 30.3 Å². The number of amides is 1. The number of hydrogen-bond donors (Lipinski definition) is 0. The lowest BCUT2D eigenvalue weighted by Gasteiger charge is -2.31. The number of rotatable bonds is 5. The molecule has 0 radical (unpaired) electrons. The van der Waals surface area contributed by atoms with Crippen molar-refractivity contribution >= 4 is 23.0 Å². The van der Waals surface area contributed by atoms with Crippen LogP contribution in [0.3, 0.4) is 0 Å². The first kappa shape index (κ1) is 22.5. The van der Waals surface area contributed by atoms with E-state index in [1.54, 1.807) is 11.8 Å². The van der Waals surface area contributed by atoms with Crippen LogP contribution < -0.4 is 5.56 Å². The van der Waals surface area contributed by atoms with E-state index in [1.165, 1.54) is 35.6 Å². The number of carbonyl (C=O) groups is 1. The van der Waals surface area contributed by atoms with Crippen molar-refractivity contribution in [1.82, 2.24) is 14.6 Å². The minimum Gasteiger partial charge on any atom is -0.387 e. The van der Waals surface area contributed by atoms with Gasteiger partial charge in [-0.25, -0.2) is 13.8 Å². The quantitative estimate of drug-likeness (QED) is 0.546. The van der Waals surface area contributed by atoms with E-state index < -0.39 is 17.7 Å². The van der Waals surface area contributed by atoms with Crippen molar-refractivity contribution in [2.75, 3.05) is 13.1 Å². The predicted molar refractivity (Wildman–Crippen MR) is 120 cm³/mol. The molecule has 2 aromatic heterocycles. The van der Waals surface area contributed by atoms with E-state index in [-0.39, 0.29) is 35.9 Å². The summed E-state index contributed by atoms with van der Waals surface area (Å²) in [4.78, 5) is 36.1. The van der Waals surface area contributed by atoms with Crippen LogP contribution in [0.25, 0.3) is 0 Å². The number of nitrogens with zero attached hydrogens (tertiary/aromatic N) is 4. The lowest BCUT2D eigenvalue weighted by molar-refractivity contribution is -0.134. The highest BCUT2D eigenvalue weighted by Gasteiger charge is 2.31. The van der Waals surface area contributed by atoms with Crippen LogP contribution in [0, 0.1) is 18.6 Å². The molecule has 0 spiro atoms. The molecular weight excluding hydrogens is 466 g/mol. The van der Waals surface area contributed by atoms with Gasteiger partial charge in [0.25, 0.3) is 5.56 Å². The molecule has 8 nitrogen and oxygen atoms in total. The summed E-state index contributed by atoms with van der Waals surface area (Å²) in [5.41, 5.74) is 0.753. The number of aryl methyl sites for hydroxylation is 1. The van der Waals surface area contributed by atoms with Crippen LogP contribution in [0.2, 0.25) is 0 Å². The normalized spacial score (nSPS) is 18.7. The van der Waals surface area contributed by atoms with Crippen LogP contribution in [0.4, 0.5) is 8.78 Å². The zero-order chi connectivity index (χ0) is 23.8. The summed E-state index contributed by atoms with van der Waals surface area (Å²) in [5, 5.41) is 6.84. The predicted octanol–water partition coefficient (Wildman–Crippen LogP) is 3.76. The number of likely N-dealkylation sites (tertiary alicyclic amines) is 1. The molecule has 1 atom stereocenters. The fraction of sp³-hybridized carbons (Fsp3) is 0.391. The van der Waals surface area contributed by atoms with Gasteiger partial charge < -0.3 is 14.3 Å². The Morgan fingerprint density at radius 2 is 1.97 bits per heavy atom. The number of carbonyl (C=O) groups excluding carboxylic acids is 1. The molecule has 0 unspecified atom stereocenters. The molecule has 5 rings (SSSR count). The molecule has 0 saturated carbocycles. The SMILES string of the molecule is Cc1cc(=O)n(CC(=O)N2CCC(c3nc(C4=NO[C@H](c5c(F)cccc5F)C4)cs3)CC2)o1. The summed E-state index contributed by atoms with van der Waals surface area (Å²) >= 11 is 1.50. The average molecular weight is 489 g/mol. The Kier molecular flexibility index (Phi) is 6.03. The number of oxime groups is 1. The van der Waals surface area contributed by atoms with Gasteiger partial charge in [-0.3, -0.25) is 9.59 Å². The number of thiazole rings is 1. The van der Waals surface area contributed by atoms with Crippen LogP contribution in [-0.4, -0.2) is 39.3 Å². The molecule has 34 heavy (non-hydrogen) atoms. The van der Waals surface area contributed by atoms with Crippen LogP contribution >= 0.6 is 11.3 Å². The fourth-order valence-corrected chi connectivity index (χ4v) is 5.31. The van der Waals surface area contributed by atoms with Crippen LogP contribution in [0.5, 0.6) is 0 Å². The smallest absolute Gasteiger partial charge is 0.283 e. The third-order valence-electron chi connectivity index (χ3n) is 6.11. The van der Waals surface area contributed by atoms with E-state index in [9.17, 15) is 18.4 Å². The highest BCUT2D eigenvalue weighted by atomic mass is 32.1. The van der Waals surface area contributed by atoms with Gasteiger partial charge in [-0.05, 0) is 31.9 Å². The second-order valence-corrected chi connectivity index (χ2v) is 9.31. The molecule has 2 aliphatic heterocycles. The van der Waals surface area contributed by atoms with Gasteiger partial charge in [0.2, 0.25) is 5.91 Å². The second-order valence-electron chi connectivity index (χ2n) is 8.42. The zero-order valence-corrected chi connectivity index (χ0v) is 19.2. The number of benzene rings is 1. The zero-order valence-electron chi connectivity index (χ0n) is 18.4. The summed E-state index contributed by atoms with van der Waals surface area (Å²) < 4.78 is 34.5. The molecule has 3 aromatic rings. The van der Waals surface area contributed by atoms with E-state index >= 15 is 0 Å². The molecule has 0 bridgehead atoms. The minimum atomic E-state index is -0.818. The maximum absolute atomic E-state index is 14.1. The van der Waals surface area contributed by atoms with E-state index in [2.05, 4.69) is 5.16 Å². The average Bonchev–Trinajstić information content (AvgIpc) is 3.54. The molecule has 2 aliphatic rings. The van der Waals surface area contributed by atoms with Crippen LogP contribution in [0.15, 0.2) is 44.1 Å². The number of halogens is 2. The van der Waals surface area contributed by atoms with Gasteiger partial charge in [0.15, 0.2) is 6.10 Å². The van der Waals surface area contributed by atoms with E-state index in [1.807, 2.05) is 5.38 Å². The van der Waals surface area contributed by atoms with E-state index in [0.717, 1.165) is 22.6 Å². The molecule has 1 aromatic carbocycles. The first-order valence-corrected chi connectivity index (χ1v) is 11.8. The third-order valence-corrected chi connectivity index (χ3v) is 7.12. The highest BCUT2D eigenvalue weighted by molar-refractivity contribution is 7.10. The fourth-order valence-electron chi connectivity index (χ4n) is 4.31. The Morgan fingerprint density at radius 1 is 1.24 bits per heavy atom. The Labute approximate surface area is 197 Å². The van der Waals surface area contributed by atoms with Crippen LogP contribution in [0.1, 0.15) is 53.3 Å². The molecule has 4 heterocycles. The van der Waals surface area contributed by atoms with Crippen molar-refractivity contribution in [3.8, 4) is 0 Å². The Hall–Kier alpha value is -3.34. The molecule has 0 N–H and O–H groups in total. The summed E-state index contributed by atoms with van der Waals surface area (Å²) in [6, 6.07) is 5.07. The first-order chi connectivity index (χ1) is 16.4. The maximum Gasteiger partial charge on any atom is 0.283 e. The van der Waals surface area contributed by atoms with Crippen LogP contribution in [-0.2, 0) is 16.2 Å². The van der Waals surface area contributed by atoms with E-state index in [4.69, 9.17) is 14.3 Å². The first-order valence-electron chi connectivity index (χ1n) is 11.0. The lowest BCUT2D eigenvalue weighted by atomic mass is 9.97. The summed E-state index contributed by atoms with van der Waals surface area (Å²) in [7, 11) is 0. The Bertz CT molecular complexity index is 1290. The van der Waals surface area contributed by atoms with Gasteiger partial charge in [0, 0.05) is 36.9 Å². The van der Waals surface area contributed by atoms with Gasteiger partial charge in [-0.2, -0.15) is 4.74 Å². The highest BCUT2D eigenvalue weighted by Crippen LogP contribution is 2.35. The van der Waals surface area contributed by atoms with Crippen molar-refractivity contribution in [2.45, 2.75) is 44.8 Å². The molecule has 0 aliphatic carbocycles. The minimum absolute atomic E-state index is 0.109. The summed E-state index contributed by atoms with van der Waals surface area (Å²) in [6.45, 7) is 2.68. The monoisotopic (exact) mass is 488 g/mol. The molecular formula is C23H22F2N4O4S. The number of aromatic nitrogens is 2. The standard InChI is InChI=1S/C23H22F2N4O4S/c1-13-9-20(30)29(33-13)11-21(31)28-7-5-14(6-8-28)23-26-18(12-34-23)17-10-19(32-27-17)22-15(24)3-2-4-16(22)25/h2-4,9,12,14,19H,5-8,10-11H2,1H3/t19-/m0/s1. The van der Waals surface area contributed by atoms with Gasteiger partial charge in [-0.15, -0.1) is 11.3 Å². The third kappa shape index (κ3) is 4.39. The summed E-state index contributed by atoms with van der Waals surface area (Å²) in [5.74, 6) is -0.806. The second kappa shape index (κ2) is 9.13. The van der Waals surface area contributed by atoms with Gasteiger partial charge in [-0.1, -0.05) is 11.2 Å². The Balaban J connectivity index is 1.18. The van der Waals surface area contributed by atoms with Crippen molar-refractivity contribution in [2.24, 2.45) is 5.16 Å². The van der Waals surface area contributed by atoms with Crippen molar-refractivity contribution < 1.29 is 22.9 Å². The molecule has 178 valence electrons. The number of piperidine rings is 1. The molecule has 1 fully saturated rings. The van der Waals surface area contributed by atoms with Crippen molar-refractivity contribution in [3.05, 3.63) is 73.7 Å². The number of hydrogen-bond acceptors (Lipinski definition) is 7. The lowest BCUT2D eigenvalue weighted by Crippen LogP contribution is -2.40. The molecule has 1 saturated heterocycles. The topological polar surface area (TPSA) is 89.9 Å². The maximum atomic E-state index is 14.1.